The number of aliphatic hydroxyl groups is 1. The third kappa shape index (κ3) is 10.1. The second kappa shape index (κ2) is 14.3. The van der Waals surface area contributed by atoms with Crippen molar-refractivity contribution in [1.29, 1.82) is 0 Å². The van der Waals surface area contributed by atoms with E-state index in [1.54, 1.807) is 0 Å². The number of aliphatic hydroxyl groups excluding tert-OH is 1. The van der Waals surface area contributed by atoms with Crippen LogP contribution in [0.2, 0.25) is 0 Å². The minimum atomic E-state index is -3.71. The van der Waals surface area contributed by atoms with Gasteiger partial charge in [-0.1, -0.05) is 0 Å². The Balaban J connectivity index is -0.000000141. The molecule has 0 rings (SSSR count). The monoisotopic (exact) mass is 323 g/mol. The van der Waals surface area contributed by atoms with E-state index in [1.807, 2.05) is 0 Å². The van der Waals surface area contributed by atoms with E-state index < -0.39 is 36.0 Å². The molecule has 2 atom stereocenters. The van der Waals surface area contributed by atoms with Crippen molar-refractivity contribution in [3.8, 4) is 0 Å². The molecule has 0 spiro atoms. The summed E-state index contributed by atoms with van der Waals surface area (Å²) < 4.78 is 0. The first-order chi connectivity index (χ1) is 6.21. The van der Waals surface area contributed by atoms with Crippen molar-refractivity contribution < 1.29 is 148 Å². The summed E-state index contributed by atoms with van der Waals surface area (Å²) in [6.45, 7) is 0. The zero-order chi connectivity index (χ0) is 11.5. The normalized spacial score (nSPS) is 13.0. The Hall–Kier alpha value is 2.33. The first kappa shape index (κ1) is 32.3. The molecule has 0 radical (unpaired) electrons. The molecule has 0 bridgehead atoms. The fourth-order valence-corrected chi connectivity index (χ4v) is 0.685. The third-order valence-corrected chi connectivity index (χ3v) is 1.42. The molecule has 88 valence electrons. The summed E-state index contributed by atoms with van der Waals surface area (Å²) in [5.41, 5.74) is -3.71. The average molecular weight is 324 g/mol. The van der Waals surface area contributed by atoms with E-state index >= 15 is 0 Å². The van der Waals surface area contributed by atoms with Crippen LogP contribution in [0.5, 0.6) is 0 Å². The van der Waals surface area contributed by atoms with Crippen LogP contribution in [-0.2, 0) is 14.4 Å². The summed E-state index contributed by atoms with van der Waals surface area (Å²) in [5.74, 6) is -7.08. The molecule has 18 heavy (non-hydrogen) atoms. The van der Waals surface area contributed by atoms with Crippen molar-refractivity contribution in [1.82, 2.24) is 0 Å². The molecule has 9 nitrogen and oxygen atoms in total. The van der Waals surface area contributed by atoms with Crippen LogP contribution in [-0.4, -0.2) is 63.2 Å². The second-order valence-corrected chi connectivity index (χ2v) is 2.45. The summed E-state index contributed by atoms with van der Waals surface area (Å²) in [6, 6.07) is 0. The maximum Gasteiger partial charge on any atom is 2.00 e. The molecule has 0 aromatic rings. The SMILES string of the molecule is O=C([O-])CC([O-])(C(=O)[O-])C(O)C(=O)[O-].[K+].[K+].[Mg+2].[OH-]. The van der Waals surface area contributed by atoms with Gasteiger partial charge in [-0.15, -0.1) is 0 Å². The van der Waals surface area contributed by atoms with Crippen LogP contribution in [0.15, 0.2) is 0 Å². The van der Waals surface area contributed by atoms with Crippen LogP contribution in [0.4, 0.5) is 0 Å². The Labute approximate surface area is 203 Å². The fourth-order valence-electron chi connectivity index (χ4n) is 0.685. The number of carbonyl (C=O) groups is 3. The standard InChI is InChI=1S/C6H7O8.2K.Mg.H2O/c7-2(8)1-6(14,5(12)13)3(9)4(10)11;;;;/h3,9H,1H2,(H,7,8)(H,10,11)(H,12,13);;;;1H2/q-1;2*+1;+2;/p-4. The van der Waals surface area contributed by atoms with Gasteiger partial charge >= 0.3 is 126 Å². The maximum absolute atomic E-state index is 11.0. The molecule has 0 fully saturated rings. The number of aliphatic carboxylic acids is 3. The van der Waals surface area contributed by atoms with Gasteiger partial charge in [0.15, 0.2) is 0 Å². The Morgan fingerprint density at radius 3 is 1.61 bits per heavy atom. The molecule has 0 heterocycles. The molecule has 0 aliphatic rings. The second-order valence-electron chi connectivity index (χ2n) is 2.45. The van der Waals surface area contributed by atoms with E-state index in [2.05, 4.69) is 0 Å². The van der Waals surface area contributed by atoms with E-state index in [0.717, 1.165) is 0 Å². The molecule has 0 aromatic carbocycles. The Bertz CT molecular complexity index is 286. The summed E-state index contributed by atoms with van der Waals surface area (Å²) >= 11 is 0. The molecule has 0 saturated carbocycles. The van der Waals surface area contributed by atoms with Crippen molar-refractivity contribution in [2.75, 3.05) is 0 Å². The van der Waals surface area contributed by atoms with Crippen LogP contribution in [0.1, 0.15) is 6.42 Å². The predicted octanol–water partition coefficient (Wildman–Crippen LogP) is -13.5. The van der Waals surface area contributed by atoms with Gasteiger partial charge in [-0.3, -0.25) is 0 Å². The largest absolute Gasteiger partial charge is 2.00 e. The van der Waals surface area contributed by atoms with Crippen molar-refractivity contribution in [2.45, 2.75) is 18.1 Å². The number of hydrogen-bond acceptors (Lipinski definition) is 9. The first-order valence-electron chi connectivity index (χ1n) is 3.22. The molecule has 0 aromatic heterocycles. The molecule has 0 aliphatic heterocycles. The van der Waals surface area contributed by atoms with Gasteiger partial charge in [0.05, 0.1) is 12.1 Å². The van der Waals surface area contributed by atoms with Gasteiger partial charge in [0, 0.05) is 11.9 Å². The average Bonchev–Trinajstić information content (AvgIpc) is 2.00. The molecule has 0 saturated heterocycles. The predicted molar refractivity (Wildman–Crippen MR) is 36.1 cm³/mol. The third-order valence-electron chi connectivity index (χ3n) is 1.42. The number of rotatable bonds is 5. The Kier molecular flexibility index (Phi) is 25.6. The van der Waals surface area contributed by atoms with Gasteiger partial charge in [-0.25, -0.2) is 0 Å². The number of hydrogen-bond donors (Lipinski definition) is 1. The molecule has 0 aliphatic carbocycles. The zero-order valence-corrected chi connectivity index (χ0v) is 17.4. The van der Waals surface area contributed by atoms with E-state index in [9.17, 15) is 34.8 Å². The van der Waals surface area contributed by atoms with Gasteiger partial charge in [0.1, 0.15) is 0 Å². The van der Waals surface area contributed by atoms with Crippen molar-refractivity contribution in [3.05, 3.63) is 0 Å². The van der Waals surface area contributed by atoms with Crippen LogP contribution in [0, 0.1) is 0 Å². The van der Waals surface area contributed by atoms with E-state index in [0.29, 0.717) is 0 Å². The minimum Gasteiger partial charge on any atom is -0.870 e. The minimum absolute atomic E-state index is 0. The van der Waals surface area contributed by atoms with E-state index in [4.69, 9.17) is 5.11 Å². The van der Waals surface area contributed by atoms with E-state index in [1.165, 1.54) is 0 Å². The topological polar surface area (TPSA) is 194 Å². The number of carboxylic acids is 3. The Morgan fingerprint density at radius 2 is 1.44 bits per heavy atom. The maximum atomic E-state index is 11.0. The van der Waals surface area contributed by atoms with Gasteiger partial charge in [-0.2, -0.15) is 0 Å². The summed E-state index contributed by atoms with van der Waals surface area (Å²) in [5, 5.41) is 49.6. The van der Waals surface area contributed by atoms with Gasteiger partial charge in [-0.05, 0) is 12.0 Å². The van der Waals surface area contributed by atoms with Crippen LogP contribution in [0.3, 0.4) is 0 Å². The van der Waals surface area contributed by atoms with E-state index in [-0.39, 0.29) is 131 Å². The number of carboxylic acid groups (broad SMARTS) is 3. The van der Waals surface area contributed by atoms with Crippen molar-refractivity contribution in [2.24, 2.45) is 0 Å². The zero-order valence-electron chi connectivity index (χ0n) is 9.74. The fraction of sp³-hybridized carbons (Fsp3) is 0.500. The van der Waals surface area contributed by atoms with Crippen LogP contribution >= 0.6 is 0 Å². The van der Waals surface area contributed by atoms with Crippen LogP contribution in [0.25, 0.3) is 0 Å². The Morgan fingerprint density at radius 1 is 1.11 bits per heavy atom. The summed E-state index contributed by atoms with van der Waals surface area (Å²) in [4.78, 5) is 30.0. The van der Waals surface area contributed by atoms with Gasteiger partial charge < -0.3 is 45.4 Å². The summed E-state index contributed by atoms with van der Waals surface area (Å²) in [6.07, 6.45) is -4.75. The van der Waals surface area contributed by atoms with Crippen LogP contribution < -0.4 is 123 Å². The molecule has 2 unspecified atom stereocenters. The quantitative estimate of drug-likeness (QED) is 0.478. The van der Waals surface area contributed by atoms with Crippen molar-refractivity contribution in [3.63, 3.8) is 0 Å². The molecular formula is C6H5K2MgO9-. The smallest absolute Gasteiger partial charge is 0.870 e. The number of carbonyl (C=O) groups excluding carboxylic acids is 3. The first-order valence-corrected chi connectivity index (χ1v) is 3.22. The van der Waals surface area contributed by atoms with Gasteiger partial charge in [0.2, 0.25) is 0 Å². The van der Waals surface area contributed by atoms with Gasteiger partial charge in [0.25, 0.3) is 0 Å². The van der Waals surface area contributed by atoms with Crippen molar-refractivity contribution >= 4 is 41.0 Å². The molecule has 2 N–H and O–H groups in total. The molecular weight excluding hydrogens is 319 g/mol. The molecule has 0 amide bonds. The molecule has 12 heteroatoms. The summed E-state index contributed by atoms with van der Waals surface area (Å²) in [7, 11) is 0.